The van der Waals surface area contributed by atoms with Crippen molar-refractivity contribution in [1.82, 2.24) is 5.32 Å². The van der Waals surface area contributed by atoms with Crippen molar-refractivity contribution in [2.24, 2.45) is 0 Å². The van der Waals surface area contributed by atoms with E-state index in [0.29, 0.717) is 10.8 Å². The van der Waals surface area contributed by atoms with Crippen molar-refractivity contribution < 1.29 is 14.6 Å². The predicted molar refractivity (Wildman–Crippen MR) is 70.8 cm³/mol. The lowest BCUT2D eigenvalue weighted by molar-refractivity contribution is -0.122. The highest BCUT2D eigenvalue weighted by atomic mass is 35.5. The van der Waals surface area contributed by atoms with Gasteiger partial charge in [0.05, 0.1) is 24.7 Å². The normalized spacial score (nSPS) is 10.5. The summed E-state index contributed by atoms with van der Waals surface area (Å²) in [5.41, 5.74) is 0.727. The van der Waals surface area contributed by atoms with Crippen LogP contribution in [0.25, 0.3) is 0 Å². The van der Waals surface area contributed by atoms with Crippen molar-refractivity contribution in [2.75, 3.05) is 6.61 Å². The molecule has 0 heterocycles. The lowest BCUT2D eigenvalue weighted by Gasteiger charge is -2.10. The lowest BCUT2D eigenvalue weighted by atomic mass is 10.2. The van der Waals surface area contributed by atoms with Crippen LogP contribution in [-0.4, -0.2) is 23.7 Å². The molecule has 1 amide bonds. The number of carbonyl (C=O) groups excluding carboxylic acids is 1. The fraction of sp³-hybridized carbons (Fsp3) is 0.462. The summed E-state index contributed by atoms with van der Waals surface area (Å²) in [5, 5.41) is 12.1. The van der Waals surface area contributed by atoms with Gasteiger partial charge in [-0.1, -0.05) is 17.7 Å². The first-order chi connectivity index (χ1) is 8.52. The number of aliphatic hydroxyl groups is 1. The van der Waals surface area contributed by atoms with E-state index in [2.05, 4.69) is 5.32 Å². The van der Waals surface area contributed by atoms with E-state index in [4.69, 9.17) is 21.4 Å². The van der Waals surface area contributed by atoms with Crippen molar-refractivity contribution in [1.29, 1.82) is 0 Å². The zero-order valence-electron chi connectivity index (χ0n) is 10.6. The van der Waals surface area contributed by atoms with Gasteiger partial charge in [0, 0.05) is 6.04 Å². The molecule has 0 saturated carbocycles. The number of nitrogens with one attached hydrogen (secondary N) is 1. The number of ether oxygens (including phenoxy) is 1. The average Bonchev–Trinajstić information content (AvgIpc) is 2.30. The molecule has 5 heteroatoms. The van der Waals surface area contributed by atoms with Gasteiger partial charge in [0.15, 0.2) is 0 Å². The molecule has 0 unspecified atom stereocenters. The van der Waals surface area contributed by atoms with Gasteiger partial charge < -0.3 is 15.2 Å². The first kappa shape index (κ1) is 14.8. The van der Waals surface area contributed by atoms with Gasteiger partial charge in [0.1, 0.15) is 5.75 Å². The molecular weight excluding hydrogens is 254 g/mol. The molecule has 2 N–H and O–H groups in total. The summed E-state index contributed by atoms with van der Waals surface area (Å²) in [6, 6.07) is 5.19. The molecule has 0 atom stereocenters. The van der Waals surface area contributed by atoms with Crippen LogP contribution in [0.1, 0.15) is 25.8 Å². The highest BCUT2D eigenvalue weighted by molar-refractivity contribution is 6.32. The standard InChI is InChI=1S/C13H18ClNO3/c1-9(2)15-13(17)5-6-18-12-4-3-10(8-16)7-11(12)14/h3-4,7,9,16H,5-6,8H2,1-2H3,(H,15,17). The van der Waals surface area contributed by atoms with Crippen molar-refractivity contribution in [3.05, 3.63) is 28.8 Å². The maximum atomic E-state index is 11.4. The van der Waals surface area contributed by atoms with E-state index >= 15 is 0 Å². The van der Waals surface area contributed by atoms with E-state index in [9.17, 15) is 4.79 Å². The Morgan fingerprint density at radius 2 is 2.22 bits per heavy atom. The third kappa shape index (κ3) is 4.94. The van der Waals surface area contributed by atoms with E-state index in [1.165, 1.54) is 0 Å². The Kier molecular flexibility index (Phi) is 5.95. The molecule has 0 aliphatic carbocycles. The number of carbonyl (C=O) groups is 1. The van der Waals surface area contributed by atoms with Crippen LogP contribution < -0.4 is 10.1 Å². The Morgan fingerprint density at radius 3 is 2.78 bits per heavy atom. The van der Waals surface area contributed by atoms with Crippen molar-refractivity contribution in [3.8, 4) is 5.75 Å². The second-order valence-electron chi connectivity index (χ2n) is 4.24. The predicted octanol–water partition coefficient (Wildman–Crippen LogP) is 2.13. The second kappa shape index (κ2) is 7.24. The summed E-state index contributed by atoms with van der Waals surface area (Å²) in [5.74, 6) is 0.472. The highest BCUT2D eigenvalue weighted by Crippen LogP contribution is 2.25. The molecule has 1 aromatic rings. The number of aliphatic hydroxyl groups excluding tert-OH is 1. The Hall–Kier alpha value is -1.26. The molecule has 0 aromatic heterocycles. The molecule has 0 radical (unpaired) electrons. The molecule has 1 rings (SSSR count). The molecule has 0 bridgehead atoms. The van der Waals surface area contributed by atoms with Crippen LogP contribution in [0.15, 0.2) is 18.2 Å². The maximum absolute atomic E-state index is 11.4. The van der Waals surface area contributed by atoms with Crippen LogP contribution in [0, 0.1) is 0 Å². The zero-order chi connectivity index (χ0) is 13.5. The van der Waals surface area contributed by atoms with Gasteiger partial charge in [0.25, 0.3) is 0 Å². The van der Waals surface area contributed by atoms with Crippen LogP contribution >= 0.6 is 11.6 Å². The minimum atomic E-state index is -0.0587. The first-order valence-electron chi connectivity index (χ1n) is 5.84. The topological polar surface area (TPSA) is 58.6 Å². The highest BCUT2D eigenvalue weighted by Gasteiger charge is 2.06. The molecule has 18 heavy (non-hydrogen) atoms. The molecule has 0 saturated heterocycles. The van der Waals surface area contributed by atoms with Crippen molar-refractivity contribution >= 4 is 17.5 Å². The first-order valence-corrected chi connectivity index (χ1v) is 6.22. The van der Waals surface area contributed by atoms with Crippen LogP contribution in [0.4, 0.5) is 0 Å². The lowest BCUT2D eigenvalue weighted by Crippen LogP contribution is -2.31. The minimum Gasteiger partial charge on any atom is -0.491 e. The van der Waals surface area contributed by atoms with E-state index < -0.39 is 0 Å². The van der Waals surface area contributed by atoms with Crippen LogP contribution in [-0.2, 0) is 11.4 Å². The summed E-state index contributed by atoms with van der Waals surface area (Å²) in [6.07, 6.45) is 0.288. The third-order valence-corrected chi connectivity index (χ3v) is 2.51. The SMILES string of the molecule is CC(C)NC(=O)CCOc1ccc(CO)cc1Cl. The van der Waals surface area contributed by atoms with Crippen LogP contribution in [0.3, 0.4) is 0 Å². The van der Waals surface area contributed by atoms with E-state index in [1.54, 1.807) is 18.2 Å². The van der Waals surface area contributed by atoms with Gasteiger partial charge in [0.2, 0.25) is 5.91 Å². The Balaban J connectivity index is 2.42. The van der Waals surface area contributed by atoms with E-state index in [1.807, 2.05) is 13.8 Å². The summed E-state index contributed by atoms with van der Waals surface area (Å²) >= 11 is 5.97. The van der Waals surface area contributed by atoms with Gasteiger partial charge in [-0.05, 0) is 31.5 Å². The van der Waals surface area contributed by atoms with Crippen LogP contribution in [0.2, 0.25) is 5.02 Å². The minimum absolute atomic E-state index is 0.0481. The van der Waals surface area contributed by atoms with E-state index in [-0.39, 0.29) is 31.6 Å². The summed E-state index contributed by atoms with van der Waals surface area (Å²) in [7, 11) is 0. The summed E-state index contributed by atoms with van der Waals surface area (Å²) in [6.45, 7) is 4.03. The van der Waals surface area contributed by atoms with Gasteiger partial charge in [-0.3, -0.25) is 4.79 Å². The Bertz CT molecular complexity index is 407. The average molecular weight is 272 g/mol. The number of hydrogen-bond donors (Lipinski definition) is 2. The third-order valence-electron chi connectivity index (χ3n) is 2.22. The van der Waals surface area contributed by atoms with Gasteiger partial charge in [-0.25, -0.2) is 0 Å². The molecule has 1 aromatic carbocycles. The number of rotatable bonds is 6. The van der Waals surface area contributed by atoms with Crippen LogP contribution in [0.5, 0.6) is 5.75 Å². The molecule has 0 aliphatic rings. The number of amides is 1. The Morgan fingerprint density at radius 1 is 1.50 bits per heavy atom. The van der Waals surface area contributed by atoms with Gasteiger partial charge in [-0.15, -0.1) is 0 Å². The monoisotopic (exact) mass is 271 g/mol. The Labute approximate surface area is 112 Å². The van der Waals surface area contributed by atoms with E-state index in [0.717, 1.165) is 5.56 Å². The molecule has 0 spiro atoms. The van der Waals surface area contributed by atoms with Crippen molar-refractivity contribution in [2.45, 2.75) is 32.9 Å². The van der Waals surface area contributed by atoms with Gasteiger partial charge in [-0.2, -0.15) is 0 Å². The molecular formula is C13H18ClNO3. The fourth-order valence-corrected chi connectivity index (χ4v) is 1.67. The molecule has 0 fully saturated rings. The van der Waals surface area contributed by atoms with Crippen molar-refractivity contribution in [3.63, 3.8) is 0 Å². The smallest absolute Gasteiger partial charge is 0.223 e. The number of hydrogen-bond acceptors (Lipinski definition) is 3. The number of halogens is 1. The quantitative estimate of drug-likeness (QED) is 0.833. The molecule has 4 nitrogen and oxygen atoms in total. The molecule has 100 valence electrons. The van der Waals surface area contributed by atoms with Gasteiger partial charge >= 0.3 is 0 Å². The largest absolute Gasteiger partial charge is 0.491 e. The summed E-state index contributed by atoms with van der Waals surface area (Å²) < 4.78 is 5.41. The molecule has 0 aliphatic heterocycles. The number of benzene rings is 1. The fourth-order valence-electron chi connectivity index (χ4n) is 1.41. The second-order valence-corrected chi connectivity index (χ2v) is 4.65. The zero-order valence-corrected chi connectivity index (χ0v) is 11.3. The summed E-state index contributed by atoms with van der Waals surface area (Å²) in [4.78, 5) is 11.4. The maximum Gasteiger partial charge on any atom is 0.223 e.